The SMILES string of the molecule is CCCC1CCC2(CCOC2=O)C1. The maximum Gasteiger partial charge on any atom is 0.312 e. The van der Waals surface area contributed by atoms with Crippen molar-refractivity contribution in [2.45, 2.75) is 45.4 Å². The van der Waals surface area contributed by atoms with Crippen molar-refractivity contribution in [2.24, 2.45) is 11.3 Å². The lowest BCUT2D eigenvalue weighted by Gasteiger charge is -2.17. The van der Waals surface area contributed by atoms with Crippen LogP contribution in [0.15, 0.2) is 0 Å². The second kappa shape index (κ2) is 3.32. The quantitative estimate of drug-likeness (QED) is 0.613. The van der Waals surface area contributed by atoms with Gasteiger partial charge in [-0.25, -0.2) is 0 Å². The van der Waals surface area contributed by atoms with Crippen LogP contribution in [-0.4, -0.2) is 12.6 Å². The minimum atomic E-state index is -0.0418. The summed E-state index contributed by atoms with van der Waals surface area (Å²) >= 11 is 0. The van der Waals surface area contributed by atoms with E-state index in [0.717, 1.165) is 25.2 Å². The molecule has 0 bridgehead atoms. The van der Waals surface area contributed by atoms with Crippen molar-refractivity contribution in [1.82, 2.24) is 0 Å². The maximum absolute atomic E-state index is 11.5. The van der Waals surface area contributed by atoms with Crippen molar-refractivity contribution < 1.29 is 9.53 Å². The molecule has 2 heteroatoms. The van der Waals surface area contributed by atoms with Gasteiger partial charge in [0, 0.05) is 0 Å². The Morgan fingerprint density at radius 2 is 2.38 bits per heavy atom. The molecule has 0 N–H and O–H groups in total. The van der Waals surface area contributed by atoms with Gasteiger partial charge in [-0.3, -0.25) is 4.79 Å². The third-order valence-electron chi connectivity index (χ3n) is 3.65. The average molecular weight is 182 g/mol. The van der Waals surface area contributed by atoms with Crippen LogP contribution in [0.2, 0.25) is 0 Å². The van der Waals surface area contributed by atoms with E-state index in [1.165, 1.54) is 19.3 Å². The fourth-order valence-electron chi connectivity index (χ4n) is 2.90. The minimum Gasteiger partial charge on any atom is -0.465 e. The van der Waals surface area contributed by atoms with Crippen molar-refractivity contribution in [3.05, 3.63) is 0 Å². The predicted octanol–water partition coefficient (Wildman–Crippen LogP) is 2.52. The van der Waals surface area contributed by atoms with Gasteiger partial charge in [0.15, 0.2) is 0 Å². The van der Waals surface area contributed by atoms with Crippen LogP contribution < -0.4 is 0 Å². The largest absolute Gasteiger partial charge is 0.465 e. The van der Waals surface area contributed by atoms with Gasteiger partial charge < -0.3 is 4.74 Å². The summed E-state index contributed by atoms with van der Waals surface area (Å²) in [7, 11) is 0. The van der Waals surface area contributed by atoms with Gasteiger partial charge in [0.25, 0.3) is 0 Å². The molecule has 1 heterocycles. The Balaban J connectivity index is 1.99. The molecular formula is C11H18O2. The number of cyclic esters (lactones) is 1. The van der Waals surface area contributed by atoms with Crippen molar-refractivity contribution in [1.29, 1.82) is 0 Å². The monoisotopic (exact) mass is 182 g/mol. The smallest absolute Gasteiger partial charge is 0.312 e. The maximum atomic E-state index is 11.5. The van der Waals surface area contributed by atoms with Gasteiger partial charge >= 0.3 is 5.97 Å². The molecule has 1 spiro atoms. The van der Waals surface area contributed by atoms with E-state index >= 15 is 0 Å². The van der Waals surface area contributed by atoms with E-state index in [-0.39, 0.29) is 11.4 Å². The van der Waals surface area contributed by atoms with Crippen LogP contribution in [-0.2, 0) is 9.53 Å². The third kappa shape index (κ3) is 1.47. The van der Waals surface area contributed by atoms with Crippen LogP contribution in [0.4, 0.5) is 0 Å². The van der Waals surface area contributed by atoms with Crippen molar-refractivity contribution in [3.63, 3.8) is 0 Å². The van der Waals surface area contributed by atoms with Gasteiger partial charge in [0.05, 0.1) is 12.0 Å². The van der Waals surface area contributed by atoms with Gasteiger partial charge in [-0.05, 0) is 31.6 Å². The first kappa shape index (κ1) is 9.04. The zero-order chi connectivity index (χ0) is 9.31. The van der Waals surface area contributed by atoms with E-state index < -0.39 is 0 Å². The minimum absolute atomic E-state index is 0.0418. The molecule has 0 aromatic carbocycles. The number of hydrogen-bond acceptors (Lipinski definition) is 2. The van der Waals surface area contributed by atoms with Crippen LogP contribution in [0.25, 0.3) is 0 Å². The lowest BCUT2D eigenvalue weighted by atomic mass is 9.83. The van der Waals surface area contributed by atoms with E-state index in [2.05, 4.69) is 6.92 Å². The van der Waals surface area contributed by atoms with Crippen molar-refractivity contribution in [3.8, 4) is 0 Å². The van der Waals surface area contributed by atoms with Gasteiger partial charge in [-0.1, -0.05) is 19.8 Å². The summed E-state index contributed by atoms with van der Waals surface area (Å²) in [5.74, 6) is 0.877. The van der Waals surface area contributed by atoms with Crippen molar-refractivity contribution >= 4 is 5.97 Å². The molecule has 1 saturated heterocycles. The Labute approximate surface area is 79.7 Å². The fourth-order valence-corrected chi connectivity index (χ4v) is 2.90. The number of ether oxygens (including phenoxy) is 1. The normalized spacial score (nSPS) is 38.5. The molecule has 0 amide bonds. The molecule has 2 atom stereocenters. The molecule has 0 aromatic heterocycles. The summed E-state index contributed by atoms with van der Waals surface area (Å²) in [6, 6.07) is 0. The molecule has 2 fully saturated rings. The van der Waals surface area contributed by atoms with E-state index in [1.807, 2.05) is 0 Å². The van der Waals surface area contributed by atoms with E-state index in [1.54, 1.807) is 0 Å². The Kier molecular flexibility index (Phi) is 2.31. The number of rotatable bonds is 2. The lowest BCUT2D eigenvalue weighted by Crippen LogP contribution is -2.22. The zero-order valence-corrected chi connectivity index (χ0v) is 8.34. The zero-order valence-electron chi connectivity index (χ0n) is 8.34. The molecule has 2 aliphatic rings. The Morgan fingerprint density at radius 1 is 1.54 bits per heavy atom. The van der Waals surface area contributed by atoms with Crippen molar-refractivity contribution in [2.75, 3.05) is 6.61 Å². The summed E-state index contributed by atoms with van der Waals surface area (Å²) in [4.78, 5) is 11.5. The standard InChI is InChI=1S/C11H18O2/c1-2-3-9-4-5-11(8-9)6-7-13-10(11)12/h9H,2-8H2,1H3. The second-order valence-electron chi connectivity index (χ2n) is 4.56. The highest BCUT2D eigenvalue weighted by atomic mass is 16.5. The van der Waals surface area contributed by atoms with Crippen LogP contribution in [0, 0.1) is 11.3 Å². The predicted molar refractivity (Wildman–Crippen MR) is 50.3 cm³/mol. The number of hydrogen-bond donors (Lipinski definition) is 0. The molecule has 74 valence electrons. The number of esters is 1. The third-order valence-corrected chi connectivity index (χ3v) is 3.65. The Morgan fingerprint density at radius 3 is 3.00 bits per heavy atom. The highest BCUT2D eigenvalue weighted by Crippen LogP contribution is 2.49. The second-order valence-corrected chi connectivity index (χ2v) is 4.56. The van der Waals surface area contributed by atoms with Crippen LogP contribution >= 0.6 is 0 Å². The molecule has 13 heavy (non-hydrogen) atoms. The molecule has 2 unspecified atom stereocenters. The van der Waals surface area contributed by atoms with Crippen LogP contribution in [0.1, 0.15) is 45.4 Å². The first-order chi connectivity index (χ1) is 6.27. The number of carbonyl (C=O) groups is 1. The van der Waals surface area contributed by atoms with Gasteiger partial charge in [-0.15, -0.1) is 0 Å². The first-order valence-corrected chi connectivity index (χ1v) is 5.44. The van der Waals surface area contributed by atoms with E-state index in [4.69, 9.17) is 4.74 Å². The molecule has 1 saturated carbocycles. The van der Waals surface area contributed by atoms with E-state index in [0.29, 0.717) is 6.61 Å². The first-order valence-electron chi connectivity index (χ1n) is 5.44. The Bertz CT molecular complexity index is 212. The number of carbonyl (C=O) groups excluding carboxylic acids is 1. The molecule has 2 rings (SSSR count). The summed E-state index contributed by atoms with van der Waals surface area (Å²) in [5.41, 5.74) is -0.0418. The Hall–Kier alpha value is -0.530. The van der Waals surface area contributed by atoms with Gasteiger partial charge in [-0.2, -0.15) is 0 Å². The van der Waals surface area contributed by atoms with E-state index in [9.17, 15) is 4.79 Å². The molecule has 1 aliphatic carbocycles. The summed E-state index contributed by atoms with van der Waals surface area (Å²) in [5, 5.41) is 0. The highest BCUT2D eigenvalue weighted by molar-refractivity contribution is 5.79. The topological polar surface area (TPSA) is 26.3 Å². The molecule has 2 nitrogen and oxygen atoms in total. The summed E-state index contributed by atoms with van der Waals surface area (Å²) < 4.78 is 5.08. The molecule has 1 aliphatic heterocycles. The molecule has 0 aromatic rings. The summed E-state index contributed by atoms with van der Waals surface area (Å²) in [6.07, 6.45) is 6.93. The van der Waals surface area contributed by atoms with Gasteiger partial charge in [0.1, 0.15) is 0 Å². The molecule has 0 radical (unpaired) electrons. The lowest BCUT2D eigenvalue weighted by molar-refractivity contribution is -0.146. The highest BCUT2D eigenvalue weighted by Gasteiger charge is 2.49. The van der Waals surface area contributed by atoms with Gasteiger partial charge in [0.2, 0.25) is 0 Å². The molecular weight excluding hydrogens is 164 g/mol. The van der Waals surface area contributed by atoms with Crippen LogP contribution in [0.5, 0.6) is 0 Å². The fraction of sp³-hybridized carbons (Fsp3) is 0.909. The average Bonchev–Trinajstić information content (AvgIpc) is 2.64. The summed E-state index contributed by atoms with van der Waals surface area (Å²) in [6.45, 7) is 2.88. The van der Waals surface area contributed by atoms with Crippen LogP contribution in [0.3, 0.4) is 0 Å².